The molecule has 0 saturated carbocycles. The fraction of sp³-hybridized carbons (Fsp3) is 0. The van der Waals surface area contributed by atoms with Gasteiger partial charge in [0.1, 0.15) is 0 Å². The summed E-state index contributed by atoms with van der Waals surface area (Å²) >= 11 is 13.3. The van der Waals surface area contributed by atoms with Crippen molar-refractivity contribution in [3.63, 3.8) is 0 Å². The number of nitrogens with two attached hydrogens (primary N) is 1. The standard InChI is InChI=1S/C10H7Cl2NS/c11-7-3-1-6(2-4-7)10-8(12)5-9(13)14-10/h1-5H,13H2. The van der Waals surface area contributed by atoms with E-state index in [1.165, 1.54) is 11.3 Å². The molecule has 4 heteroatoms. The Hall–Kier alpha value is -0.700. The minimum absolute atomic E-state index is 0.690. The third kappa shape index (κ3) is 1.87. The molecule has 1 heterocycles. The lowest BCUT2D eigenvalue weighted by Crippen LogP contribution is -1.73. The molecule has 0 atom stereocenters. The molecular weight excluding hydrogens is 237 g/mol. The minimum atomic E-state index is 0.690. The highest BCUT2D eigenvalue weighted by atomic mass is 35.5. The maximum absolute atomic E-state index is 6.02. The molecule has 2 aromatic rings. The van der Waals surface area contributed by atoms with E-state index < -0.39 is 0 Å². The quantitative estimate of drug-likeness (QED) is 0.794. The smallest absolute Gasteiger partial charge is 0.0878 e. The monoisotopic (exact) mass is 243 g/mol. The summed E-state index contributed by atoms with van der Waals surface area (Å²) in [6.45, 7) is 0. The Labute approximate surface area is 96.1 Å². The van der Waals surface area contributed by atoms with Gasteiger partial charge >= 0.3 is 0 Å². The van der Waals surface area contributed by atoms with Gasteiger partial charge < -0.3 is 5.73 Å². The van der Waals surface area contributed by atoms with Crippen LogP contribution in [0.3, 0.4) is 0 Å². The van der Waals surface area contributed by atoms with Crippen LogP contribution in [0.4, 0.5) is 5.00 Å². The van der Waals surface area contributed by atoms with Crippen LogP contribution in [0, 0.1) is 0 Å². The summed E-state index contributed by atoms with van der Waals surface area (Å²) in [6, 6.07) is 9.29. The molecule has 2 rings (SSSR count). The van der Waals surface area contributed by atoms with Gasteiger partial charge in [0.05, 0.1) is 14.9 Å². The molecule has 0 aliphatic heterocycles. The van der Waals surface area contributed by atoms with Gasteiger partial charge in [-0.2, -0.15) is 0 Å². The third-order valence-electron chi connectivity index (χ3n) is 1.81. The van der Waals surface area contributed by atoms with Crippen molar-refractivity contribution < 1.29 is 0 Å². The zero-order valence-electron chi connectivity index (χ0n) is 7.13. The molecule has 72 valence electrons. The lowest BCUT2D eigenvalue weighted by atomic mass is 10.2. The third-order valence-corrected chi connectivity index (χ3v) is 3.49. The summed E-state index contributed by atoms with van der Waals surface area (Å²) in [5, 5.41) is 2.13. The van der Waals surface area contributed by atoms with Crippen LogP contribution in [0.25, 0.3) is 10.4 Å². The van der Waals surface area contributed by atoms with E-state index in [1.807, 2.05) is 24.3 Å². The molecule has 2 N–H and O–H groups in total. The van der Waals surface area contributed by atoms with E-state index in [9.17, 15) is 0 Å². The van der Waals surface area contributed by atoms with Crippen molar-refractivity contribution in [3.05, 3.63) is 40.4 Å². The second kappa shape index (κ2) is 3.81. The molecule has 0 bridgehead atoms. The fourth-order valence-electron chi connectivity index (χ4n) is 1.18. The number of benzene rings is 1. The molecule has 1 aromatic heterocycles. The Kier molecular flexibility index (Phi) is 2.68. The topological polar surface area (TPSA) is 26.0 Å². The molecule has 14 heavy (non-hydrogen) atoms. The Morgan fingerprint density at radius 1 is 1.07 bits per heavy atom. The van der Waals surface area contributed by atoms with Crippen LogP contribution in [0.1, 0.15) is 0 Å². The van der Waals surface area contributed by atoms with Crippen LogP contribution in [-0.4, -0.2) is 0 Å². The minimum Gasteiger partial charge on any atom is -0.391 e. The van der Waals surface area contributed by atoms with Crippen LogP contribution >= 0.6 is 34.5 Å². The predicted octanol–water partition coefficient (Wildman–Crippen LogP) is 4.30. The van der Waals surface area contributed by atoms with Crippen molar-refractivity contribution >= 4 is 39.5 Å². The molecule has 0 radical (unpaired) electrons. The number of hydrogen-bond acceptors (Lipinski definition) is 2. The number of halogens is 2. The van der Waals surface area contributed by atoms with Gasteiger partial charge in [-0.05, 0) is 23.8 Å². The van der Waals surface area contributed by atoms with Crippen molar-refractivity contribution in [1.82, 2.24) is 0 Å². The van der Waals surface area contributed by atoms with E-state index in [0.717, 1.165) is 20.5 Å². The van der Waals surface area contributed by atoms with Gasteiger partial charge in [0.25, 0.3) is 0 Å². The highest BCUT2D eigenvalue weighted by molar-refractivity contribution is 7.19. The number of hydrogen-bond donors (Lipinski definition) is 1. The van der Waals surface area contributed by atoms with E-state index in [-0.39, 0.29) is 0 Å². The van der Waals surface area contributed by atoms with Gasteiger partial charge in [0.2, 0.25) is 0 Å². The van der Waals surface area contributed by atoms with Gasteiger partial charge in [-0.3, -0.25) is 0 Å². The summed E-state index contributed by atoms with van der Waals surface area (Å²) < 4.78 is 0. The van der Waals surface area contributed by atoms with E-state index >= 15 is 0 Å². The number of thiophene rings is 1. The maximum Gasteiger partial charge on any atom is 0.0878 e. The highest BCUT2D eigenvalue weighted by Gasteiger charge is 2.07. The molecule has 0 spiro atoms. The molecule has 1 nitrogen and oxygen atoms in total. The van der Waals surface area contributed by atoms with Crippen LogP contribution in [0.2, 0.25) is 10.0 Å². The Morgan fingerprint density at radius 2 is 1.71 bits per heavy atom. The van der Waals surface area contributed by atoms with Gasteiger partial charge in [-0.25, -0.2) is 0 Å². The number of anilines is 1. The van der Waals surface area contributed by atoms with Crippen molar-refractivity contribution in [1.29, 1.82) is 0 Å². The van der Waals surface area contributed by atoms with Gasteiger partial charge in [-0.1, -0.05) is 35.3 Å². The summed E-state index contributed by atoms with van der Waals surface area (Å²) in [6.07, 6.45) is 0. The van der Waals surface area contributed by atoms with Gasteiger partial charge in [0, 0.05) is 5.02 Å². The van der Waals surface area contributed by atoms with Crippen LogP contribution in [0.5, 0.6) is 0 Å². The van der Waals surface area contributed by atoms with Crippen molar-refractivity contribution in [2.75, 3.05) is 5.73 Å². The summed E-state index contributed by atoms with van der Waals surface area (Å²) in [5.74, 6) is 0. The van der Waals surface area contributed by atoms with Crippen LogP contribution in [0.15, 0.2) is 30.3 Å². The number of rotatable bonds is 1. The second-order valence-electron chi connectivity index (χ2n) is 2.83. The van der Waals surface area contributed by atoms with Gasteiger partial charge in [-0.15, -0.1) is 11.3 Å². The first kappa shape index (κ1) is 9.84. The largest absolute Gasteiger partial charge is 0.391 e. The molecule has 1 aromatic carbocycles. The van der Waals surface area contributed by atoms with Gasteiger partial charge in [0.15, 0.2) is 0 Å². The normalized spacial score (nSPS) is 10.4. The second-order valence-corrected chi connectivity index (χ2v) is 4.76. The summed E-state index contributed by atoms with van der Waals surface area (Å²) in [7, 11) is 0. The lowest BCUT2D eigenvalue weighted by molar-refractivity contribution is 1.69. The molecule has 0 amide bonds. The molecule has 0 aliphatic carbocycles. The van der Waals surface area contributed by atoms with E-state index in [0.29, 0.717) is 5.02 Å². The molecule has 0 saturated heterocycles. The summed E-state index contributed by atoms with van der Waals surface area (Å²) in [4.78, 5) is 0.987. The zero-order chi connectivity index (χ0) is 10.1. The predicted molar refractivity (Wildman–Crippen MR) is 64.2 cm³/mol. The van der Waals surface area contributed by atoms with E-state index in [2.05, 4.69) is 0 Å². The first-order chi connectivity index (χ1) is 6.66. The van der Waals surface area contributed by atoms with Crippen molar-refractivity contribution in [3.8, 4) is 10.4 Å². The maximum atomic E-state index is 6.02. The Bertz CT molecular complexity index is 448. The van der Waals surface area contributed by atoms with Crippen LogP contribution < -0.4 is 5.73 Å². The molecule has 0 fully saturated rings. The Balaban J connectivity index is 2.49. The first-order valence-electron chi connectivity index (χ1n) is 3.97. The SMILES string of the molecule is Nc1cc(Cl)c(-c2ccc(Cl)cc2)s1. The zero-order valence-corrected chi connectivity index (χ0v) is 9.46. The Morgan fingerprint density at radius 3 is 2.21 bits per heavy atom. The van der Waals surface area contributed by atoms with Crippen LogP contribution in [-0.2, 0) is 0 Å². The summed E-state index contributed by atoms with van der Waals surface area (Å²) in [5.41, 5.74) is 6.70. The highest BCUT2D eigenvalue weighted by Crippen LogP contribution is 2.37. The fourth-order valence-corrected chi connectivity index (χ4v) is 2.54. The average molecular weight is 244 g/mol. The first-order valence-corrected chi connectivity index (χ1v) is 5.55. The van der Waals surface area contributed by atoms with Crippen molar-refractivity contribution in [2.45, 2.75) is 0 Å². The molecule has 0 aliphatic rings. The van der Waals surface area contributed by atoms with E-state index in [1.54, 1.807) is 6.07 Å². The van der Waals surface area contributed by atoms with E-state index in [4.69, 9.17) is 28.9 Å². The number of nitrogen functional groups attached to an aromatic ring is 1. The lowest BCUT2D eigenvalue weighted by Gasteiger charge is -1.97. The average Bonchev–Trinajstić information content (AvgIpc) is 2.47. The molecular formula is C10H7Cl2NS. The molecule has 0 unspecified atom stereocenters. The van der Waals surface area contributed by atoms with Crippen molar-refractivity contribution in [2.24, 2.45) is 0 Å².